The molecular weight excluding hydrogens is 328 g/mol. The van der Waals surface area contributed by atoms with Crippen LogP contribution in [0.1, 0.15) is 18.5 Å². The van der Waals surface area contributed by atoms with E-state index < -0.39 is 0 Å². The summed E-state index contributed by atoms with van der Waals surface area (Å²) in [6.07, 6.45) is 4.00. The molecule has 1 aromatic heterocycles. The van der Waals surface area contributed by atoms with Gasteiger partial charge in [0.1, 0.15) is 6.26 Å². The van der Waals surface area contributed by atoms with Gasteiger partial charge in [-0.15, -0.1) is 0 Å². The molecule has 6 heteroatoms. The largest absolute Gasteiger partial charge is 0.444 e. The van der Waals surface area contributed by atoms with Gasteiger partial charge in [0.15, 0.2) is 6.29 Å². The van der Waals surface area contributed by atoms with Crippen LogP contribution >= 0.6 is 11.6 Å². The summed E-state index contributed by atoms with van der Waals surface area (Å²) in [5.41, 5.74) is 1.76. The molecule has 4 rings (SSSR count). The number of ether oxygens (including phenoxy) is 2. The lowest BCUT2D eigenvalue weighted by molar-refractivity contribution is -0.101. The van der Waals surface area contributed by atoms with Crippen molar-refractivity contribution in [3.63, 3.8) is 0 Å². The number of hydrogen-bond acceptors (Lipinski definition) is 5. The van der Waals surface area contributed by atoms with Crippen LogP contribution in [0.15, 0.2) is 34.9 Å². The number of likely N-dealkylation sites (tertiary alicyclic amines) is 1. The van der Waals surface area contributed by atoms with Crippen LogP contribution in [0, 0.1) is 5.92 Å². The molecule has 2 saturated heterocycles. The molecule has 2 aliphatic heterocycles. The first kappa shape index (κ1) is 16.1. The van der Waals surface area contributed by atoms with Crippen molar-refractivity contribution in [1.29, 1.82) is 0 Å². The lowest BCUT2D eigenvalue weighted by Crippen LogP contribution is -2.40. The second-order valence-corrected chi connectivity index (χ2v) is 6.78. The van der Waals surface area contributed by atoms with Gasteiger partial charge in [0.25, 0.3) is 0 Å². The molecule has 0 amide bonds. The van der Waals surface area contributed by atoms with Gasteiger partial charge in [-0.2, -0.15) is 0 Å². The van der Waals surface area contributed by atoms with Crippen molar-refractivity contribution in [3.8, 4) is 11.5 Å². The fraction of sp³-hybridized carbons (Fsp3) is 0.500. The number of rotatable bonds is 4. The molecule has 5 nitrogen and oxygen atoms in total. The normalized spacial score (nSPS) is 23.0. The Kier molecular flexibility index (Phi) is 4.85. The molecule has 0 saturated carbocycles. The smallest absolute Gasteiger partial charge is 0.227 e. The number of aromatic nitrogens is 1. The molecule has 24 heavy (non-hydrogen) atoms. The van der Waals surface area contributed by atoms with E-state index in [2.05, 4.69) is 9.88 Å². The van der Waals surface area contributed by atoms with E-state index in [0.717, 1.165) is 43.7 Å². The molecule has 2 aliphatic rings. The van der Waals surface area contributed by atoms with Gasteiger partial charge in [0.2, 0.25) is 5.89 Å². The maximum atomic E-state index is 6.21. The predicted octanol–water partition coefficient (Wildman–Crippen LogP) is 3.58. The molecule has 0 radical (unpaired) electrons. The molecule has 1 aromatic carbocycles. The Balaban J connectivity index is 1.41. The first-order chi connectivity index (χ1) is 11.8. The van der Waals surface area contributed by atoms with Gasteiger partial charge >= 0.3 is 0 Å². The van der Waals surface area contributed by atoms with E-state index >= 15 is 0 Å². The monoisotopic (exact) mass is 348 g/mol. The molecule has 3 heterocycles. The average molecular weight is 349 g/mol. The summed E-state index contributed by atoms with van der Waals surface area (Å²) in [7, 11) is 0. The summed E-state index contributed by atoms with van der Waals surface area (Å²) in [6, 6.07) is 7.60. The zero-order chi connectivity index (χ0) is 16.4. The SMILES string of the molecule is Clc1ccccc1-c1nc(CN2CCCC(C3OCCO3)C2)co1. The molecule has 0 aliphatic carbocycles. The molecule has 2 aromatic rings. The molecule has 1 unspecified atom stereocenters. The van der Waals surface area contributed by atoms with Crippen LogP contribution < -0.4 is 0 Å². The first-order valence-electron chi connectivity index (χ1n) is 8.44. The summed E-state index contributed by atoms with van der Waals surface area (Å²) in [5, 5.41) is 0.652. The van der Waals surface area contributed by atoms with E-state index in [1.807, 2.05) is 24.3 Å². The lowest BCUT2D eigenvalue weighted by Gasteiger charge is -2.34. The summed E-state index contributed by atoms with van der Waals surface area (Å²) >= 11 is 6.21. The first-order valence-corrected chi connectivity index (χ1v) is 8.82. The molecule has 0 N–H and O–H groups in total. The Hall–Kier alpha value is -1.40. The number of hydrogen-bond donors (Lipinski definition) is 0. The summed E-state index contributed by atoms with van der Waals surface area (Å²) in [4.78, 5) is 7.00. The van der Waals surface area contributed by atoms with Crippen molar-refractivity contribution in [2.45, 2.75) is 25.7 Å². The van der Waals surface area contributed by atoms with Crippen LogP contribution in [0.25, 0.3) is 11.5 Å². The zero-order valence-corrected chi connectivity index (χ0v) is 14.2. The fourth-order valence-corrected chi connectivity index (χ4v) is 3.69. The highest BCUT2D eigenvalue weighted by molar-refractivity contribution is 6.33. The van der Waals surface area contributed by atoms with Crippen LogP contribution in [0.3, 0.4) is 0 Å². The molecular formula is C18H21ClN2O3. The molecule has 2 fully saturated rings. The zero-order valence-electron chi connectivity index (χ0n) is 13.5. The van der Waals surface area contributed by atoms with E-state index in [1.54, 1.807) is 6.26 Å². The van der Waals surface area contributed by atoms with Crippen LogP contribution in [0.2, 0.25) is 5.02 Å². The van der Waals surface area contributed by atoms with Gasteiger partial charge in [-0.05, 0) is 31.5 Å². The number of oxazole rings is 1. The van der Waals surface area contributed by atoms with Gasteiger partial charge in [0.05, 0.1) is 29.5 Å². The van der Waals surface area contributed by atoms with Crippen molar-refractivity contribution < 1.29 is 13.9 Å². The van der Waals surface area contributed by atoms with Crippen molar-refractivity contribution >= 4 is 11.6 Å². The Morgan fingerprint density at radius 1 is 1.21 bits per heavy atom. The number of benzene rings is 1. The highest BCUT2D eigenvalue weighted by Crippen LogP contribution is 2.28. The Morgan fingerprint density at radius 3 is 2.88 bits per heavy atom. The van der Waals surface area contributed by atoms with Gasteiger partial charge in [-0.3, -0.25) is 4.90 Å². The van der Waals surface area contributed by atoms with Crippen LogP contribution in [-0.2, 0) is 16.0 Å². The molecule has 1 atom stereocenters. The summed E-state index contributed by atoms with van der Waals surface area (Å²) in [5.74, 6) is 1.02. The second-order valence-electron chi connectivity index (χ2n) is 6.37. The van der Waals surface area contributed by atoms with Crippen LogP contribution in [-0.4, -0.2) is 42.5 Å². The second kappa shape index (κ2) is 7.23. The minimum absolute atomic E-state index is 0.0382. The molecule has 128 valence electrons. The summed E-state index contributed by atoms with van der Waals surface area (Å²) < 4.78 is 17.0. The maximum absolute atomic E-state index is 6.21. The van der Waals surface area contributed by atoms with Crippen LogP contribution in [0.4, 0.5) is 0 Å². The predicted molar refractivity (Wildman–Crippen MR) is 90.6 cm³/mol. The fourth-order valence-electron chi connectivity index (χ4n) is 3.47. The third kappa shape index (κ3) is 3.49. The van der Waals surface area contributed by atoms with Crippen molar-refractivity contribution in [3.05, 3.63) is 41.2 Å². The minimum atomic E-state index is -0.0382. The van der Waals surface area contributed by atoms with E-state index in [4.69, 9.17) is 25.5 Å². The topological polar surface area (TPSA) is 47.7 Å². The highest BCUT2D eigenvalue weighted by Gasteiger charge is 2.31. The molecule has 0 spiro atoms. The molecule has 0 bridgehead atoms. The third-order valence-electron chi connectivity index (χ3n) is 4.62. The third-order valence-corrected chi connectivity index (χ3v) is 4.95. The van der Waals surface area contributed by atoms with Gasteiger partial charge in [-0.25, -0.2) is 4.98 Å². The standard InChI is InChI=1S/C18H21ClN2O3/c19-16-6-2-1-5-15(16)17-20-14(12-24-17)11-21-7-3-4-13(10-21)18-22-8-9-23-18/h1-2,5-6,12-13,18H,3-4,7-11H2. The van der Waals surface area contributed by atoms with E-state index in [1.165, 1.54) is 0 Å². The lowest BCUT2D eigenvalue weighted by atomic mass is 9.97. The van der Waals surface area contributed by atoms with Crippen molar-refractivity contribution in [2.24, 2.45) is 5.92 Å². The summed E-state index contributed by atoms with van der Waals surface area (Å²) in [6.45, 7) is 4.24. The number of nitrogens with zero attached hydrogens (tertiary/aromatic N) is 2. The Bertz CT molecular complexity index is 684. The maximum Gasteiger partial charge on any atom is 0.227 e. The van der Waals surface area contributed by atoms with E-state index in [9.17, 15) is 0 Å². The number of piperidine rings is 1. The van der Waals surface area contributed by atoms with Crippen molar-refractivity contribution in [1.82, 2.24) is 9.88 Å². The quantitative estimate of drug-likeness (QED) is 0.845. The number of halogens is 1. The average Bonchev–Trinajstić information content (AvgIpc) is 3.27. The van der Waals surface area contributed by atoms with Crippen LogP contribution in [0.5, 0.6) is 0 Å². The Morgan fingerprint density at radius 2 is 2.04 bits per heavy atom. The van der Waals surface area contributed by atoms with Gasteiger partial charge < -0.3 is 13.9 Å². The van der Waals surface area contributed by atoms with Gasteiger partial charge in [0, 0.05) is 19.0 Å². The van der Waals surface area contributed by atoms with E-state index in [-0.39, 0.29) is 6.29 Å². The Labute approximate surface area is 146 Å². The van der Waals surface area contributed by atoms with E-state index in [0.29, 0.717) is 30.0 Å². The van der Waals surface area contributed by atoms with Gasteiger partial charge in [-0.1, -0.05) is 23.7 Å². The minimum Gasteiger partial charge on any atom is -0.444 e. The van der Waals surface area contributed by atoms with Crippen molar-refractivity contribution in [2.75, 3.05) is 26.3 Å². The highest BCUT2D eigenvalue weighted by atomic mass is 35.5.